The molecule has 2 heterocycles. The van der Waals surface area contributed by atoms with E-state index in [0.29, 0.717) is 22.9 Å². The molecule has 164 valence electrons. The number of rotatable bonds is 5. The molecule has 3 rings (SSSR count). The number of carbonyl (C=O) groups excluding carboxylic acids is 1. The highest BCUT2D eigenvalue weighted by Crippen LogP contribution is 2.42. The van der Waals surface area contributed by atoms with E-state index in [2.05, 4.69) is 11.8 Å². The number of carboxylic acid groups (broad SMARTS) is 1. The highest BCUT2D eigenvalue weighted by atomic mass is 32.1. The fourth-order valence-corrected chi connectivity index (χ4v) is 5.54. The van der Waals surface area contributed by atoms with Crippen LogP contribution in [0.3, 0.4) is 0 Å². The van der Waals surface area contributed by atoms with Gasteiger partial charge in [-0.2, -0.15) is 0 Å². The van der Waals surface area contributed by atoms with Crippen LogP contribution in [0.15, 0.2) is 6.07 Å². The van der Waals surface area contributed by atoms with E-state index in [1.165, 1.54) is 19.3 Å². The summed E-state index contributed by atoms with van der Waals surface area (Å²) in [4.78, 5) is 28.2. The number of hydrogen-bond acceptors (Lipinski definition) is 4. The molecule has 5 nitrogen and oxygen atoms in total. The molecule has 1 aromatic heterocycles. The predicted molar refractivity (Wildman–Crippen MR) is 120 cm³/mol. The number of aliphatic hydroxyl groups excluding tert-OH is 1. The van der Waals surface area contributed by atoms with Gasteiger partial charge in [0.15, 0.2) is 0 Å². The third-order valence-electron chi connectivity index (χ3n) is 6.13. The van der Waals surface area contributed by atoms with E-state index < -0.39 is 5.97 Å². The molecule has 2 N–H and O–H groups in total. The molecule has 2 fully saturated rings. The summed E-state index contributed by atoms with van der Waals surface area (Å²) >= 11 is 1.15. The van der Waals surface area contributed by atoms with E-state index in [0.717, 1.165) is 37.0 Å². The molecule has 1 unspecified atom stereocenters. The predicted octanol–water partition coefficient (Wildman–Crippen LogP) is 4.92. The number of carboxylic acids is 1. The molecule has 2 aliphatic rings. The van der Waals surface area contributed by atoms with Gasteiger partial charge in [-0.1, -0.05) is 31.1 Å². The van der Waals surface area contributed by atoms with Crippen molar-refractivity contribution in [2.75, 3.05) is 11.5 Å². The van der Waals surface area contributed by atoms with Crippen LogP contribution in [0.25, 0.3) is 0 Å². The first kappa shape index (κ1) is 22.8. The molecule has 30 heavy (non-hydrogen) atoms. The average molecular weight is 432 g/mol. The number of carbonyl (C=O) groups is 2. The van der Waals surface area contributed by atoms with Crippen LogP contribution < -0.4 is 4.90 Å². The Balaban J connectivity index is 2.03. The summed E-state index contributed by atoms with van der Waals surface area (Å²) in [6.07, 6.45) is 7.79. The second-order valence-electron chi connectivity index (χ2n) is 9.59. The van der Waals surface area contributed by atoms with Crippen LogP contribution in [-0.4, -0.2) is 34.7 Å². The van der Waals surface area contributed by atoms with Gasteiger partial charge in [-0.05, 0) is 64.9 Å². The number of nitrogens with zero attached hydrogens (tertiary/aromatic N) is 1. The third kappa shape index (κ3) is 5.25. The Morgan fingerprint density at radius 3 is 2.50 bits per heavy atom. The summed E-state index contributed by atoms with van der Waals surface area (Å²) in [6, 6.07) is 1.82. The van der Waals surface area contributed by atoms with Crippen molar-refractivity contribution in [2.24, 2.45) is 17.3 Å². The van der Waals surface area contributed by atoms with Crippen molar-refractivity contribution in [3.8, 4) is 11.8 Å². The SMILES string of the molecule is CC(C)(C)C#Cc1cc(N2C(=O)[C@H](CCO)CCC2C2CCCCC2)c(C(=O)O)s1. The van der Waals surface area contributed by atoms with Gasteiger partial charge >= 0.3 is 5.97 Å². The Bertz CT molecular complexity index is 836. The van der Waals surface area contributed by atoms with Gasteiger partial charge in [0.05, 0.1) is 10.6 Å². The lowest BCUT2D eigenvalue weighted by atomic mass is 9.77. The Labute approximate surface area is 183 Å². The quantitative estimate of drug-likeness (QED) is 0.649. The van der Waals surface area contributed by atoms with Gasteiger partial charge in [0, 0.05) is 24.0 Å². The molecule has 6 heteroatoms. The fraction of sp³-hybridized carbons (Fsp3) is 0.667. The van der Waals surface area contributed by atoms with Crippen LogP contribution in [0.4, 0.5) is 5.69 Å². The maximum atomic E-state index is 13.5. The van der Waals surface area contributed by atoms with Crippen LogP contribution in [-0.2, 0) is 4.79 Å². The molecule has 0 spiro atoms. The molecule has 0 radical (unpaired) electrons. The van der Waals surface area contributed by atoms with Crippen molar-refractivity contribution in [3.05, 3.63) is 15.8 Å². The minimum absolute atomic E-state index is 0.0314. The Kier molecular flexibility index (Phi) is 7.26. The maximum Gasteiger partial charge on any atom is 0.348 e. The highest BCUT2D eigenvalue weighted by molar-refractivity contribution is 7.15. The molecule has 1 saturated carbocycles. The number of hydrogen-bond donors (Lipinski definition) is 2. The zero-order valence-corrected chi connectivity index (χ0v) is 19.1. The normalized spacial score (nSPS) is 23.2. The number of anilines is 1. The average Bonchev–Trinajstić information content (AvgIpc) is 3.12. The van der Waals surface area contributed by atoms with Crippen molar-refractivity contribution in [3.63, 3.8) is 0 Å². The van der Waals surface area contributed by atoms with Crippen molar-refractivity contribution in [1.82, 2.24) is 0 Å². The second-order valence-corrected chi connectivity index (χ2v) is 10.6. The minimum Gasteiger partial charge on any atom is -0.477 e. The summed E-state index contributed by atoms with van der Waals surface area (Å²) in [6.45, 7) is 6.01. The highest BCUT2D eigenvalue weighted by Gasteiger charge is 2.41. The monoisotopic (exact) mass is 431 g/mol. The van der Waals surface area contributed by atoms with Gasteiger partial charge in [-0.3, -0.25) is 4.79 Å². The van der Waals surface area contributed by atoms with Gasteiger partial charge in [0.25, 0.3) is 0 Å². The summed E-state index contributed by atoms with van der Waals surface area (Å²) in [5.74, 6) is 5.38. The summed E-state index contributed by atoms with van der Waals surface area (Å²) in [7, 11) is 0. The van der Waals surface area contributed by atoms with E-state index >= 15 is 0 Å². The molecule has 1 saturated heterocycles. The first-order chi connectivity index (χ1) is 14.2. The number of thiophene rings is 1. The van der Waals surface area contributed by atoms with Gasteiger partial charge in [-0.15, -0.1) is 11.3 Å². The summed E-state index contributed by atoms with van der Waals surface area (Å²) in [5, 5.41) is 19.3. The molecule has 2 atom stereocenters. The van der Waals surface area contributed by atoms with Crippen LogP contribution in [0.5, 0.6) is 0 Å². The van der Waals surface area contributed by atoms with Gasteiger partial charge in [-0.25, -0.2) is 4.79 Å². The lowest BCUT2D eigenvalue weighted by molar-refractivity contribution is -0.125. The van der Waals surface area contributed by atoms with Gasteiger partial charge in [0.1, 0.15) is 4.88 Å². The summed E-state index contributed by atoms with van der Waals surface area (Å²) < 4.78 is 0. The first-order valence-corrected chi connectivity index (χ1v) is 11.9. The molecule has 1 aliphatic heterocycles. The van der Waals surface area contributed by atoms with Crippen molar-refractivity contribution in [2.45, 2.75) is 78.2 Å². The molecular formula is C24H33NO4S. The molecule has 0 aromatic carbocycles. The first-order valence-electron chi connectivity index (χ1n) is 11.1. The largest absolute Gasteiger partial charge is 0.477 e. The molecule has 0 bridgehead atoms. The van der Waals surface area contributed by atoms with Gasteiger partial charge in [0.2, 0.25) is 5.91 Å². The van der Waals surface area contributed by atoms with Crippen LogP contribution in [0, 0.1) is 29.1 Å². The Hall–Kier alpha value is -1.84. The number of aromatic carboxylic acids is 1. The zero-order chi connectivity index (χ0) is 21.9. The van der Waals surface area contributed by atoms with Crippen LogP contribution in [0.1, 0.15) is 86.7 Å². The van der Waals surface area contributed by atoms with Crippen molar-refractivity contribution in [1.29, 1.82) is 0 Å². The van der Waals surface area contributed by atoms with Crippen LogP contribution >= 0.6 is 11.3 Å². The molecular weight excluding hydrogens is 398 g/mol. The molecule has 1 aliphatic carbocycles. The zero-order valence-electron chi connectivity index (χ0n) is 18.2. The van der Waals surface area contributed by atoms with E-state index in [1.807, 2.05) is 20.8 Å². The lowest BCUT2D eigenvalue weighted by Gasteiger charge is -2.44. The lowest BCUT2D eigenvalue weighted by Crippen LogP contribution is -2.52. The minimum atomic E-state index is -1.02. The topological polar surface area (TPSA) is 77.8 Å². The van der Waals surface area contributed by atoms with Crippen LogP contribution in [0.2, 0.25) is 0 Å². The number of piperidine rings is 1. The van der Waals surface area contributed by atoms with E-state index in [1.54, 1.807) is 11.0 Å². The standard InChI is InChI=1S/C24H33NO4S/c1-24(2,3)13-11-18-15-20(21(30-18)23(28)29)25-19(16-7-5-4-6-8-16)10-9-17(12-14-26)22(25)27/h15-17,19,26H,4-10,12,14H2,1-3H3,(H,28,29)/t17-,19?/m0/s1. The summed E-state index contributed by atoms with van der Waals surface area (Å²) in [5.41, 5.74) is 0.305. The van der Waals surface area contributed by atoms with E-state index in [-0.39, 0.29) is 34.8 Å². The Morgan fingerprint density at radius 2 is 1.90 bits per heavy atom. The molecule has 1 aromatic rings. The molecule has 1 amide bonds. The second kappa shape index (κ2) is 9.53. The maximum absolute atomic E-state index is 13.5. The fourth-order valence-electron chi connectivity index (χ4n) is 4.70. The Morgan fingerprint density at radius 1 is 1.20 bits per heavy atom. The van der Waals surface area contributed by atoms with E-state index in [4.69, 9.17) is 0 Å². The van der Waals surface area contributed by atoms with Crippen molar-refractivity contribution < 1.29 is 19.8 Å². The number of aliphatic hydroxyl groups is 1. The van der Waals surface area contributed by atoms with Crippen molar-refractivity contribution >= 4 is 28.9 Å². The van der Waals surface area contributed by atoms with Gasteiger partial charge < -0.3 is 15.1 Å². The van der Waals surface area contributed by atoms with E-state index in [9.17, 15) is 19.8 Å². The number of amides is 1. The third-order valence-corrected chi connectivity index (χ3v) is 7.16. The smallest absolute Gasteiger partial charge is 0.348 e.